The lowest BCUT2D eigenvalue weighted by molar-refractivity contribution is 0.482. The van der Waals surface area contributed by atoms with Crippen molar-refractivity contribution in [2.24, 2.45) is 5.14 Å². The fourth-order valence-corrected chi connectivity index (χ4v) is 2.17. The summed E-state index contributed by atoms with van der Waals surface area (Å²) in [5.74, 6) is 1.22. The maximum absolute atomic E-state index is 10.9. The van der Waals surface area contributed by atoms with E-state index in [2.05, 4.69) is 0 Å². The molecule has 0 spiro atoms. The molecule has 0 aliphatic carbocycles. The van der Waals surface area contributed by atoms with Crippen molar-refractivity contribution < 1.29 is 13.2 Å². The Morgan fingerprint density at radius 1 is 0.889 bits per heavy atom. The van der Waals surface area contributed by atoms with Gasteiger partial charge in [0.2, 0.25) is 10.0 Å². The van der Waals surface area contributed by atoms with Gasteiger partial charge in [0.1, 0.15) is 11.5 Å². The van der Waals surface area contributed by atoms with Gasteiger partial charge in [0, 0.05) is 0 Å². The molecule has 0 fully saturated rings. The van der Waals surface area contributed by atoms with E-state index < -0.39 is 10.0 Å². The Morgan fingerprint density at radius 3 is 2.00 bits per heavy atom. The average Bonchev–Trinajstić information content (AvgIpc) is 2.31. The van der Waals surface area contributed by atoms with E-state index in [1.54, 1.807) is 24.3 Å². The van der Waals surface area contributed by atoms with Crippen LogP contribution >= 0.6 is 0 Å². The number of rotatable bonds is 4. The highest BCUT2D eigenvalue weighted by Gasteiger charge is 2.05. The smallest absolute Gasteiger partial charge is 0.213 e. The highest BCUT2D eigenvalue weighted by atomic mass is 32.2. The fraction of sp³-hybridized carbons (Fsp3) is 0.0769. The van der Waals surface area contributed by atoms with Gasteiger partial charge in [-0.05, 0) is 29.8 Å². The Balaban J connectivity index is 2.09. The van der Waals surface area contributed by atoms with Gasteiger partial charge in [-0.2, -0.15) is 0 Å². The summed E-state index contributed by atoms with van der Waals surface area (Å²) in [5.41, 5.74) is 0.637. The monoisotopic (exact) mass is 263 g/mol. The third-order valence-corrected chi connectivity index (χ3v) is 3.01. The van der Waals surface area contributed by atoms with Gasteiger partial charge in [0.25, 0.3) is 0 Å². The number of nitrogens with two attached hydrogens (primary N) is 1. The number of para-hydroxylation sites is 1. The van der Waals surface area contributed by atoms with Crippen molar-refractivity contribution in [3.8, 4) is 11.5 Å². The topological polar surface area (TPSA) is 69.4 Å². The molecule has 2 aromatic carbocycles. The molecule has 94 valence electrons. The summed E-state index contributed by atoms with van der Waals surface area (Å²) in [6.07, 6.45) is 0. The van der Waals surface area contributed by atoms with Gasteiger partial charge in [0.15, 0.2) is 0 Å². The van der Waals surface area contributed by atoms with E-state index >= 15 is 0 Å². The van der Waals surface area contributed by atoms with Crippen LogP contribution in [0.3, 0.4) is 0 Å². The van der Waals surface area contributed by atoms with Crippen LogP contribution in [0.15, 0.2) is 54.6 Å². The highest BCUT2D eigenvalue weighted by Crippen LogP contribution is 2.21. The quantitative estimate of drug-likeness (QED) is 0.919. The summed E-state index contributed by atoms with van der Waals surface area (Å²) in [5, 5.41) is 4.97. The van der Waals surface area contributed by atoms with E-state index in [4.69, 9.17) is 9.88 Å². The number of ether oxygens (including phenoxy) is 1. The molecule has 0 radical (unpaired) electrons. The second kappa shape index (κ2) is 5.20. The van der Waals surface area contributed by atoms with Crippen LogP contribution in [0.5, 0.6) is 11.5 Å². The molecule has 0 saturated heterocycles. The number of benzene rings is 2. The van der Waals surface area contributed by atoms with Crippen LogP contribution in [0.2, 0.25) is 0 Å². The average molecular weight is 263 g/mol. The molecule has 0 aliphatic heterocycles. The van der Waals surface area contributed by atoms with E-state index in [0.717, 1.165) is 5.75 Å². The van der Waals surface area contributed by atoms with Crippen molar-refractivity contribution in [2.45, 2.75) is 5.75 Å². The van der Waals surface area contributed by atoms with Crippen molar-refractivity contribution >= 4 is 10.0 Å². The fourth-order valence-electron chi connectivity index (χ4n) is 1.51. The lowest BCUT2D eigenvalue weighted by atomic mass is 10.2. The molecular formula is C13H13NO3S. The zero-order valence-electron chi connectivity index (χ0n) is 9.61. The normalized spacial score (nSPS) is 11.2. The van der Waals surface area contributed by atoms with E-state index in [1.165, 1.54) is 0 Å². The van der Waals surface area contributed by atoms with Crippen LogP contribution in [0.25, 0.3) is 0 Å². The lowest BCUT2D eigenvalue weighted by Gasteiger charge is -2.06. The molecule has 2 rings (SSSR count). The molecule has 2 aromatic rings. The third-order valence-electron chi connectivity index (χ3n) is 2.27. The Labute approximate surface area is 106 Å². The molecule has 0 aromatic heterocycles. The van der Waals surface area contributed by atoms with Gasteiger partial charge in [0.05, 0.1) is 5.75 Å². The maximum Gasteiger partial charge on any atom is 0.213 e. The van der Waals surface area contributed by atoms with E-state index in [0.29, 0.717) is 11.3 Å². The number of hydrogen-bond donors (Lipinski definition) is 1. The Hall–Kier alpha value is -1.85. The number of primary sulfonamides is 1. The van der Waals surface area contributed by atoms with Gasteiger partial charge in [-0.25, -0.2) is 13.6 Å². The minimum Gasteiger partial charge on any atom is -0.457 e. The molecule has 5 heteroatoms. The Kier molecular flexibility index (Phi) is 3.64. The van der Waals surface area contributed by atoms with Crippen LogP contribution in [-0.2, 0) is 15.8 Å². The van der Waals surface area contributed by atoms with Crippen LogP contribution in [0, 0.1) is 0 Å². The largest absolute Gasteiger partial charge is 0.457 e. The summed E-state index contributed by atoms with van der Waals surface area (Å²) >= 11 is 0. The molecule has 0 heterocycles. The molecule has 0 atom stereocenters. The molecule has 0 aliphatic rings. The van der Waals surface area contributed by atoms with E-state index in [1.807, 2.05) is 30.3 Å². The van der Waals surface area contributed by atoms with Crippen molar-refractivity contribution in [1.29, 1.82) is 0 Å². The molecule has 18 heavy (non-hydrogen) atoms. The summed E-state index contributed by atoms with van der Waals surface area (Å²) in [6, 6.07) is 16.2. The first kappa shape index (κ1) is 12.6. The minimum atomic E-state index is -3.49. The standard InChI is InChI=1S/C13H13NO3S/c14-18(15,16)10-11-6-8-13(9-7-11)17-12-4-2-1-3-5-12/h1-9H,10H2,(H2,14,15,16). The molecule has 2 N–H and O–H groups in total. The molecular weight excluding hydrogens is 250 g/mol. The first-order valence-electron chi connectivity index (χ1n) is 5.35. The Morgan fingerprint density at radius 2 is 1.44 bits per heavy atom. The van der Waals surface area contributed by atoms with Crippen LogP contribution < -0.4 is 9.88 Å². The minimum absolute atomic E-state index is 0.168. The summed E-state index contributed by atoms with van der Waals surface area (Å²) in [7, 11) is -3.49. The number of sulfonamides is 1. The highest BCUT2D eigenvalue weighted by molar-refractivity contribution is 7.88. The SMILES string of the molecule is NS(=O)(=O)Cc1ccc(Oc2ccccc2)cc1. The maximum atomic E-state index is 10.9. The lowest BCUT2D eigenvalue weighted by Crippen LogP contribution is -2.14. The van der Waals surface area contributed by atoms with E-state index in [9.17, 15) is 8.42 Å². The summed E-state index contributed by atoms with van der Waals surface area (Å²) in [4.78, 5) is 0. The zero-order valence-corrected chi connectivity index (χ0v) is 10.4. The second-order valence-corrected chi connectivity index (χ2v) is 5.48. The predicted octanol–water partition coefficient (Wildman–Crippen LogP) is 2.27. The first-order chi connectivity index (χ1) is 8.53. The van der Waals surface area contributed by atoms with Crippen molar-refractivity contribution in [3.05, 3.63) is 60.2 Å². The molecule has 0 saturated carbocycles. The van der Waals surface area contributed by atoms with Crippen molar-refractivity contribution in [3.63, 3.8) is 0 Å². The molecule has 0 amide bonds. The number of hydrogen-bond acceptors (Lipinski definition) is 3. The molecule has 4 nitrogen and oxygen atoms in total. The first-order valence-corrected chi connectivity index (χ1v) is 7.07. The van der Waals surface area contributed by atoms with Gasteiger partial charge in [-0.3, -0.25) is 0 Å². The zero-order chi connectivity index (χ0) is 13.0. The second-order valence-electron chi connectivity index (χ2n) is 3.87. The van der Waals surface area contributed by atoms with E-state index in [-0.39, 0.29) is 5.75 Å². The van der Waals surface area contributed by atoms with Crippen LogP contribution in [0.1, 0.15) is 5.56 Å². The third kappa shape index (κ3) is 3.87. The van der Waals surface area contributed by atoms with Gasteiger partial charge >= 0.3 is 0 Å². The van der Waals surface area contributed by atoms with Crippen LogP contribution in [-0.4, -0.2) is 8.42 Å². The van der Waals surface area contributed by atoms with Crippen molar-refractivity contribution in [1.82, 2.24) is 0 Å². The van der Waals surface area contributed by atoms with Gasteiger partial charge in [-0.15, -0.1) is 0 Å². The molecule has 0 unspecified atom stereocenters. The summed E-state index contributed by atoms with van der Waals surface area (Å²) < 4.78 is 27.4. The van der Waals surface area contributed by atoms with Crippen LogP contribution in [0.4, 0.5) is 0 Å². The predicted molar refractivity (Wildman–Crippen MR) is 69.8 cm³/mol. The summed E-state index contributed by atoms with van der Waals surface area (Å²) in [6.45, 7) is 0. The van der Waals surface area contributed by atoms with Gasteiger partial charge < -0.3 is 4.74 Å². The molecule has 0 bridgehead atoms. The van der Waals surface area contributed by atoms with Gasteiger partial charge in [-0.1, -0.05) is 30.3 Å². The Bertz CT molecular complexity index is 606. The van der Waals surface area contributed by atoms with Crippen molar-refractivity contribution in [2.75, 3.05) is 0 Å².